The summed E-state index contributed by atoms with van der Waals surface area (Å²) in [5.41, 5.74) is 4.04. The van der Waals surface area contributed by atoms with Gasteiger partial charge in [-0.2, -0.15) is 11.8 Å². The molecule has 0 aliphatic heterocycles. The number of rotatable bonds is 10. The highest BCUT2D eigenvalue weighted by Crippen LogP contribution is 2.21. The maximum absolute atomic E-state index is 13.2. The molecule has 0 spiro atoms. The summed E-state index contributed by atoms with van der Waals surface area (Å²) >= 11 is 1.75. The maximum atomic E-state index is 13.2. The fourth-order valence-corrected chi connectivity index (χ4v) is 4.85. The van der Waals surface area contributed by atoms with Crippen LogP contribution >= 0.6 is 11.8 Å². The van der Waals surface area contributed by atoms with E-state index in [1.807, 2.05) is 0 Å². The number of hydrogen-bond donors (Lipinski definition) is 1. The number of amides is 1. The van der Waals surface area contributed by atoms with Crippen molar-refractivity contribution >= 4 is 33.4 Å². The quantitative estimate of drug-likeness (QED) is 0.420. The van der Waals surface area contributed by atoms with E-state index in [1.165, 1.54) is 27.6 Å². The summed E-state index contributed by atoms with van der Waals surface area (Å²) in [6, 6.07) is 20.5. The largest absolute Gasteiger partial charge is 0.351 e. The van der Waals surface area contributed by atoms with Gasteiger partial charge in [-0.05, 0) is 54.4 Å². The Bertz CT molecular complexity index is 1160. The van der Waals surface area contributed by atoms with Crippen molar-refractivity contribution in [1.82, 2.24) is 5.32 Å². The van der Waals surface area contributed by atoms with Crippen LogP contribution in [0.3, 0.4) is 0 Å². The minimum atomic E-state index is -3.57. The molecule has 5 nitrogen and oxygen atoms in total. The molecule has 0 fully saturated rings. The predicted octanol–water partition coefficient (Wildman–Crippen LogP) is 4.76. The lowest BCUT2D eigenvalue weighted by Crippen LogP contribution is -2.29. The summed E-state index contributed by atoms with van der Waals surface area (Å²) in [4.78, 5) is 12.4. The normalized spacial score (nSPS) is 11.2. The van der Waals surface area contributed by atoms with E-state index in [0.717, 1.165) is 17.8 Å². The molecule has 0 atom stereocenters. The number of nitrogens with zero attached hydrogens (tertiary/aromatic N) is 1. The molecule has 0 heterocycles. The number of aryl methyl sites for hydroxylation is 1. The van der Waals surface area contributed by atoms with Crippen LogP contribution < -0.4 is 9.62 Å². The van der Waals surface area contributed by atoms with Crippen molar-refractivity contribution in [3.63, 3.8) is 0 Å². The van der Waals surface area contributed by atoms with Gasteiger partial charge in [-0.1, -0.05) is 42.0 Å². The first-order valence-corrected chi connectivity index (χ1v) is 13.5. The summed E-state index contributed by atoms with van der Waals surface area (Å²) in [7, 11) is -3.57. The van der Waals surface area contributed by atoms with Crippen molar-refractivity contribution in [2.24, 2.45) is 0 Å². The summed E-state index contributed by atoms with van der Waals surface area (Å²) in [6.07, 6.45) is 1.12. The number of carbonyl (C=O) groups is 1. The van der Waals surface area contributed by atoms with Gasteiger partial charge >= 0.3 is 0 Å². The van der Waals surface area contributed by atoms with Crippen LogP contribution in [0.2, 0.25) is 0 Å². The van der Waals surface area contributed by atoms with Gasteiger partial charge < -0.3 is 5.32 Å². The van der Waals surface area contributed by atoms with Gasteiger partial charge in [-0.15, -0.1) is 0 Å². The monoisotopic (exact) mass is 486 g/mol. The van der Waals surface area contributed by atoms with Gasteiger partial charge in [0.25, 0.3) is 5.91 Å². The van der Waals surface area contributed by atoms with Gasteiger partial charge in [0.05, 0.1) is 18.5 Å². The zero-order valence-corrected chi connectivity index (χ0v) is 20.3. The molecule has 0 saturated carbocycles. The highest BCUT2D eigenvalue weighted by Gasteiger charge is 2.18. The van der Waals surface area contributed by atoms with Crippen LogP contribution in [0.4, 0.5) is 10.1 Å². The van der Waals surface area contributed by atoms with Crippen molar-refractivity contribution in [3.05, 3.63) is 101 Å². The highest BCUT2D eigenvalue weighted by molar-refractivity contribution is 7.98. The third kappa shape index (κ3) is 7.61. The lowest BCUT2D eigenvalue weighted by atomic mass is 10.1. The Hall–Kier alpha value is -2.84. The van der Waals surface area contributed by atoms with Crippen LogP contribution in [-0.4, -0.2) is 32.9 Å². The number of nitrogens with one attached hydrogen (secondary N) is 1. The minimum absolute atomic E-state index is 0.0723. The summed E-state index contributed by atoms with van der Waals surface area (Å²) in [6.45, 7) is 2.67. The van der Waals surface area contributed by atoms with E-state index >= 15 is 0 Å². The van der Waals surface area contributed by atoms with Gasteiger partial charge in [0.2, 0.25) is 10.0 Å². The standard InChI is InChI=1S/C25H27FN2O3S2/c1-19-3-5-21(6-4-19)18-32-16-15-27-25(29)22-9-13-24(14-10-22)28(33(2,30)31)17-20-7-11-23(26)12-8-20/h3-14H,15-18H2,1-2H3,(H,27,29). The Balaban J connectivity index is 1.54. The van der Waals surface area contributed by atoms with Crippen LogP contribution in [0, 0.1) is 12.7 Å². The van der Waals surface area contributed by atoms with Gasteiger partial charge in [0, 0.05) is 23.6 Å². The first kappa shape index (κ1) is 24.8. The second-order valence-corrected chi connectivity index (χ2v) is 10.7. The van der Waals surface area contributed by atoms with Crippen LogP contribution in [0.15, 0.2) is 72.8 Å². The Morgan fingerprint density at radius 1 is 0.939 bits per heavy atom. The molecule has 3 rings (SSSR count). The molecule has 0 aromatic heterocycles. The fourth-order valence-electron chi connectivity index (χ4n) is 3.15. The molecule has 0 aliphatic rings. The molecule has 0 aliphatic carbocycles. The summed E-state index contributed by atoms with van der Waals surface area (Å²) in [5, 5.41) is 2.89. The summed E-state index contributed by atoms with van der Waals surface area (Å²) < 4.78 is 39.0. The smallest absolute Gasteiger partial charge is 0.251 e. The molecule has 33 heavy (non-hydrogen) atoms. The highest BCUT2D eigenvalue weighted by atomic mass is 32.2. The van der Waals surface area contributed by atoms with E-state index in [4.69, 9.17) is 0 Å². The number of benzene rings is 3. The number of thioether (sulfide) groups is 1. The second-order valence-electron chi connectivity index (χ2n) is 7.74. The van der Waals surface area contributed by atoms with Crippen molar-refractivity contribution in [2.75, 3.05) is 22.9 Å². The molecule has 0 unspecified atom stereocenters. The Morgan fingerprint density at radius 3 is 2.15 bits per heavy atom. The lowest BCUT2D eigenvalue weighted by Gasteiger charge is -2.22. The fraction of sp³-hybridized carbons (Fsp3) is 0.240. The van der Waals surface area contributed by atoms with Crippen LogP contribution in [-0.2, 0) is 22.3 Å². The number of carbonyl (C=O) groups excluding carboxylic acids is 1. The SMILES string of the molecule is Cc1ccc(CSCCNC(=O)c2ccc(N(Cc3ccc(F)cc3)S(C)(=O)=O)cc2)cc1. The molecule has 0 saturated heterocycles. The van der Waals surface area contributed by atoms with Crippen LogP contribution in [0.5, 0.6) is 0 Å². The molecule has 0 bridgehead atoms. The maximum Gasteiger partial charge on any atom is 0.251 e. The van der Waals surface area contributed by atoms with Crippen LogP contribution in [0.1, 0.15) is 27.0 Å². The molecule has 1 amide bonds. The molecular weight excluding hydrogens is 459 g/mol. The zero-order valence-electron chi connectivity index (χ0n) is 18.6. The predicted molar refractivity (Wildman–Crippen MR) is 134 cm³/mol. The Morgan fingerprint density at radius 2 is 1.55 bits per heavy atom. The third-order valence-corrected chi connectivity index (χ3v) is 7.15. The molecule has 8 heteroatoms. The van der Waals surface area contributed by atoms with Crippen molar-refractivity contribution in [2.45, 2.75) is 19.2 Å². The molecule has 0 radical (unpaired) electrons. The third-order valence-electron chi connectivity index (χ3n) is 4.98. The zero-order chi connectivity index (χ0) is 23.8. The first-order valence-electron chi connectivity index (χ1n) is 10.5. The van der Waals surface area contributed by atoms with E-state index in [-0.39, 0.29) is 18.3 Å². The minimum Gasteiger partial charge on any atom is -0.351 e. The summed E-state index contributed by atoms with van der Waals surface area (Å²) in [5.74, 6) is 1.09. The molecule has 3 aromatic rings. The van der Waals surface area contributed by atoms with Crippen molar-refractivity contribution in [1.29, 1.82) is 0 Å². The van der Waals surface area contributed by atoms with E-state index in [1.54, 1.807) is 48.2 Å². The number of halogens is 1. The van der Waals surface area contributed by atoms with Crippen LogP contribution in [0.25, 0.3) is 0 Å². The van der Waals surface area contributed by atoms with E-state index in [2.05, 4.69) is 36.5 Å². The van der Waals surface area contributed by atoms with E-state index < -0.39 is 10.0 Å². The Kier molecular flexibility index (Phi) is 8.52. The molecule has 174 valence electrons. The number of hydrogen-bond acceptors (Lipinski definition) is 4. The molecular formula is C25H27FN2O3S2. The molecule has 1 N–H and O–H groups in total. The van der Waals surface area contributed by atoms with Gasteiger partial charge in [0.1, 0.15) is 5.82 Å². The van der Waals surface area contributed by atoms with E-state index in [9.17, 15) is 17.6 Å². The average Bonchev–Trinajstić information content (AvgIpc) is 2.79. The Labute approximate surface area is 199 Å². The second kappa shape index (κ2) is 11.3. The van der Waals surface area contributed by atoms with E-state index in [0.29, 0.717) is 23.4 Å². The lowest BCUT2D eigenvalue weighted by molar-refractivity contribution is 0.0956. The van der Waals surface area contributed by atoms with Crippen molar-refractivity contribution < 1.29 is 17.6 Å². The first-order chi connectivity index (χ1) is 15.7. The number of anilines is 1. The topological polar surface area (TPSA) is 66.5 Å². The van der Waals surface area contributed by atoms with Gasteiger partial charge in [0.15, 0.2) is 0 Å². The van der Waals surface area contributed by atoms with Gasteiger partial charge in [-0.3, -0.25) is 9.10 Å². The van der Waals surface area contributed by atoms with Crippen molar-refractivity contribution in [3.8, 4) is 0 Å². The number of sulfonamides is 1. The van der Waals surface area contributed by atoms with Gasteiger partial charge in [-0.25, -0.2) is 12.8 Å². The molecule has 3 aromatic carbocycles. The average molecular weight is 487 g/mol.